The number of hydrogen-bond donors (Lipinski definition) is 3. The molecular weight excluding hydrogens is 342 g/mol. The number of rotatable bonds is 4. The lowest BCUT2D eigenvalue weighted by molar-refractivity contribution is -0.169. The summed E-state index contributed by atoms with van der Waals surface area (Å²) in [6, 6.07) is -0.775. The molecule has 6 nitrogen and oxygen atoms in total. The second-order valence-electron chi connectivity index (χ2n) is 7.70. The molecule has 2 saturated heterocycles. The van der Waals surface area contributed by atoms with Crippen molar-refractivity contribution in [3.8, 4) is 0 Å². The molecule has 2 aliphatic heterocycles. The van der Waals surface area contributed by atoms with Crippen LogP contribution in [0, 0.1) is 0 Å². The van der Waals surface area contributed by atoms with Gasteiger partial charge in [-0.3, -0.25) is 9.59 Å². The van der Waals surface area contributed by atoms with E-state index in [-0.39, 0.29) is 24.2 Å². The second-order valence-corrected chi connectivity index (χ2v) is 7.70. The fourth-order valence-electron chi connectivity index (χ4n) is 4.61. The van der Waals surface area contributed by atoms with Gasteiger partial charge in [0.05, 0.1) is 5.60 Å². The van der Waals surface area contributed by atoms with Gasteiger partial charge < -0.3 is 20.6 Å². The fourth-order valence-corrected chi connectivity index (χ4v) is 4.61. The summed E-state index contributed by atoms with van der Waals surface area (Å²) < 4.78 is 0. The van der Waals surface area contributed by atoms with E-state index in [1.807, 2.05) is 4.90 Å². The van der Waals surface area contributed by atoms with Gasteiger partial charge in [0.25, 0.3) is 0 Å². The lowest BCUT2D eigenvalue weighted by Crippen LogP contribution is -2.76. The van der Waals surface area contributed by atoms with Crippen LogP contribution in [0.25, 0.3) is 0 Å². The van der Waals surface area contributed by atoms with Crippen LogP contribution in [0.3, 0.4) is 0 Å². The molecule has 2 amide bonds. The third-order valence-electron chi connectivity index (χ3n) is 6.15. The van der Waals surface area contributed by atoms with Gasteiger partial charge in [-0.2, -0.15) is 0 Å². The molecule has 1 unspecified atom stereocenters. The Morgan fingerprint density at radius 2 is 1.76 bits per heavy atom. The first-order valence-electron chi connectivity index (χ1n) is 9.59. The first-order chi connectivity index (χ1) is 11.5. The highest BCUT2D eigenvalue weighted by atomic mass is 35.5. The number of amides is 2. The molecule has 3 aliphatic rings. The Balaban J connectivity index is 0.00000225. The van der Waals surface area contributed by atoms with E-state index in [4.69, 9.17) is 0 Å². The van der Waals surface area contributed by atoms with Gasteiger partial charge in [-0.05, 0) is 45.2 Å². The third kappa shape index (κ3) is 3.67. The SMILES string of the molecule is CCCCN1C(=O)C(C2(O)CCCCC2)NC(=O)C12CCNCC2.Cl. The van der Waals surface area contributed by atoms with Crippen molar-refractivity contribution in [2.45, 2.75) is 81.9 Å². The lowest BCUT2D eigenvalue weighted by Gasteiger charge is -2.53. The molecule has 0 aromatic rings. The maximum atomic E-state index is 13.3. The molecule has 0 aromatic carbocycles. The second kappa shape index (κ2) is 8.23. The smallest absolute Gasteiger partial charge is 0.249 e. The van der Waals surface area contributed by atoms with Gasteiger partial charge in [0, 0.05) is 6.54 Å². The van der Waals surface area contributed by atoms with E-state index in [9.17, 15) is 14.7 Å². The Hall–Kier alpha value is -0.850. The molecule has 2 heterocycles. The van der Waals surface area contributed by atoms with Crippen molar-refractivity contribution in [1.82, 2.24) is 15.5 Å². The summed E-state index contributed by atoms with van der Waals surface area (Å²) in [5.41, 5.74) is -1.80. The van der Waals surface area contributed by atoms with Crippen molar-refractivity contribution < 1.29 is 14.7 Å². The van der Waals surface area contributed by atoms with E-state index < -0.39 is 17.2 Å². The number of piperidine rings is 1. The molecule has 1 atom stereocenters. The minimum Gasteiger partial charge on any atom is -0.387 e. The molecule has 25 heavy (non-hydrogen) atoms. The van der Waals surface area contributed by atoms with Gasteiger partial charge in [0.15, 0.2) is 0 Å². The Morgan fingerprint density at radius 3 is 2.36 bits per heavy atom. The minimum atomic E-state index is -1.08. The third-order valence-corrected chi connectivity index (χ3v) is 6.15. The van der Waals surface area contributed by atoms with Crippen molar-refractivity contribution in [3.05, 3.63) is 0 Å². The Morgan fingerprint density at radius 1 is 1.12 bits per heavy atom. The highest BCUT2D eigenvalue weighted by Crippen LogP contribution is 2.37. The Labute approximate surface area is 156 Å². The van der Waals surface area contributed by atoms with E-state index in [1.165, 1.54) is 0 Å². The molecule has 0 aromatic heterocycles. The summed E-state index contributed by atoms with van der Waals surface area (Å²) in [5.74, 6) is -0.141. The molecule has 1 aliphatic carbocycles. The predicted octanol–water partition coefficient (Wildman–Crippen LogP) is 1.35. The maximum absolute atomic E-state index is 13.3. The van der Waals surface area contributed by atoms with Gasteiger partial charge in [-0.15, -0.1) is 12.4 Å². The molecule has 1 spiro atoms. The van der Waals surface area contributed by atoms with Crippen molar-refractivity contribution in [2.75, 3.05) is 19.6 Å². The van der Waals surface area contributed by atoms with Crippen molar-refractivity contribution in [1.29, 1.82) is 0 Å². The number of hydrogen-bond acceptors (Lipinski definition) is 4. The molecule has 0 bridgehead atoms. The van der Waals surface area contributed by atoms with Gasteiger partial charge in [-0.1, -0.05) is 32.6 Å². The normalized spacial score (nSPS) is 28.4. The summed E-state index contributed by atoms with van der Waals surface area (Å²) >= 11 is 0. The van der Waals surface area contributed by atoms with Gasteiger partial charge >= 0.3 is 0 Å². The maximum Gasteiger partial charge on any atom is 0.249 e. The van der Waals surface area contributed by atoms with Crippen LogP contribution >= 0.6 is 12.4 Å². The standard InChI is InChI=1S/C18H31N3O3.ClH/c1-2-3-13-21-15(22)14(18(24)7-5-4-6-8-18)20-16(23)17(21)9-11-19-12-10-17;/h14,19,24H,2-13H2,1H3,(H,20,23);1H. The highest BCUT2D eigenvalue weighted by molar-refractivity contribution is 6.00. The number of carbonyl (C=O) groups is 2. The summed E-state index contributed by atoms with van der Waals surface area (Å²) in [7, 11) is 0. The molecular formula is C18H32ClN3O3. The molecule has 3 fully saturated rings. The van der Waals surface area contributed by atoms with E-state index >= 15 is 0 Å². The van der Waals surface area contributed by atoms with Crippen LogP contribution in [0.5, 0.6) is 0 Å². The largest absolute Gasteiger partial charge is 0.387 e. The molecule has 144 valence electrons. The van der Waals surface area contributed by atoms with Crippen molar-refractivity contribution in [2.24, 2.45) is 0 Å². The summed E-state index contributed by atoms with van der Waals surface area (Å²) in [4.78, 5) is 28.1. The molecule has 3 rings (SSSR count). The van der Waals surface area contributed by atoms with Crippen molar-refractivity contribution in [3.63, 3.8) is 0 Å². The zero-order valence-corrected chi connectivity index (χ0v) is 16.0. The molecule has 0 radical (unpaired) electrons. The van der Waals surface area contributed by atoms with Crippen LogP contribution in [-0.4, -0.2) is 58.6 Å². The average molecular weight is 374 g/mol. The summed E-state index contributed by atoms with van der Waals surface area (Å²) in [6.45, 7) is 4.20. The monoisotopic (exact) mass is 373 g/mol. The highest BCUT2D eigenvalue weighted by Gasteiger charge is 2.57. The zero-order chi connectivity index (χ0) is 17.2. The van der Waals surface area contributed by atoms with E-state index in [1.54, 1.807) is 0 Å². The topological polar surface area (TPSA) is 81.7 Å². The minimum absolute atomic E-state index is 0. The van der Waals surface area contributed by atoms with Crippen LogP contribution in [0.15, 0.2) is 0 Å². The molecule has 7 heteroatoms. The van der Waals surface area contributed by atoms with Gasteiger partial charge in [0.1, 0.15) is 11.6 Å². The number of carbonyl (C=O) groups excluding carboxylic acids is 2. The molecule has 1 saturated carbocycles. The zero-order valence-electron chi connectivity index (χ0n) is 15.2. The van der Waals surface area contributed by atoms with Crippen LogP contribution in [-0.2, 0) is 9.59 Å². The summed E-state index contributed by atoms with van der Waals surface area (Å²) in [5, 5.41) is 17.3. The van der Waals surface area contributed by atoms with E-state index in [0.717, 1.165) is 45.2 Å². The van der Waals surface area contributed by atoms with Crippen LogP contribution in [0.2, 0.25) is 0 Å². The number of halogens is 1. The number of piperazine rings is 1. The first-order valence-corrected chi connectivity index (χ1v) is 9.59. The van der Waals surface area contributed by atoms with Gasteiger partial charge in [0.2, 0.25) is 11.8 Å². The Kier molecular flexibility index (Phi) is 6.74. The van der Waals surface area contributed by atoms with Crippen LogP contribution in [0.4, 0.5) is 0 Å². The molecule has 3 N–H and O–H groups in total. The number of aliphatic hydroxyl groups is 1. The fraction of sp³-hybridized carbons (Fsp3) is 0.889. The number of nitrogens with one attached hydrogen (secondary N) is 2. The van der Waals surface area contributed by atoms with E-state index in [0.29, 0.717) is 32.2 Å². The van der Waals surface area contributed by atoms with Gasteiger partial charge in [-0.25, -0.2) is 0 Å². The quantitative estimate of drug-likeness (QED) is 0.694. The first kappa shape index (κ1) is 20.5. The van der Waals surface area contributed by atoms with Crippen LogP contribution < -0.4 is 10.6 Å². The predicted molar refractivity (Wildman–Crippen MR) is 98.7 cm³/mol. The number of unbranched alkanes of at least 4 members (excludes halogenated alkanes) is 1. The van der Waals surface area contributed by atoms with Crippen LogP contribution in [0.1, 0.15) is 64.7 Å². The number of nitrogens with zero attached hydrogens (tertiary/aromatic N) is 1. The Bertz CT molecular complexity index is 488. The lowest BCUT2D eigenvalue weighted by atomic mass is 9.75. The van der Waals surface area contributed by atoms with Crippen molar-refractivity contribution >= 4 is 24.2 Å². The summed E-state index contributed by atoms with van der Waals surface area (Å²) in [6.07, 6.45) is 7.29. The van der Waals surface area contributed by atoms with E-state index in [2.05, 4.69) is 17.6 Å². The average Bonchev–Trinajstić information content (AvgIpc) is 2.60.